The van der Waals surface area contributed by atoms with Crippen molar-refractivity contribution in [2.45, 2.75) is 71.0 Å². The lowest BCUT2D eigenvalue weighted by Gasteiger charge is -2.28. The van der Waals surface area contributed by atoms with Crippen molar-refractivity contribution in [1.29, 1.82) is 0 Å². The van der Waals surface area contributed by atoms with Crippen molar-refractivity contribution in [1.82, 2.24) is 0 Å². The SMILES string of the molecule is CCCCOC(Cl)(CCC)Oc1ccc(C(C)CC)cc1. The fourth-order valence-corrected chi connectivity index (χ4v) is 2.45. The molecule has 0 aliphatic rings. The fraction of sp³-hybridized carbons (Fsp3) is 0.667. The van der Waals surface area contributed by atoms with Gasteiger partial charge in [0.15, 0.2) is 0 Å². The van der Waals surface area contributed by atoms with Crippen molar-refractivity contribution in [3.63, 3.8) is 0 Å². The van der Waals surface area contributed by atoms with Crippen LogP contribution in [0.3, 0.4) is 0 Å². The van der Waals surface area contributed by atoms with Crippen LogP contribution in [0, 0.1) is 0 Å². The van der Waals surface area contributed by atoms with E-state index in [9.17, 15) is 0 Å². The predicted octanol–water partition coefficient (Wildman–Crippen LogP) is 6.09. The molecule has 0 aliphatic heterocycles. The lowest BCUT2D eigenvalue weighted by Crippen LogP contribution is -2.33. The monoisotopic (exact) mass is 312 g/mol. The molecule has 0 saturated heterocycles. The molecule has 2 unspecified atom stereocenters. The maximum Gasteiger partial charge on any atom is 0.290 e. The van der Waals surface area contributed by atoms with Crippen LogP contribution in [0.25, 0.3) is 0 Å². The van der Waals surface area contributed by atoms with Crippen LogP contribution in [-0.4, -0.2) is 11.9 Å². The summed E-state index contributed by atoms with van der Waals surface area (Å²) in [5.74, 6) is 1.33. The number of hydrogen-bond acceptors (Lipinski definition) is 2. The van der Waals surface area contributed by atoms with Gasteiger partial charge in [-0.25, -0.2) is 0 Å². The molecule has 21 heavy (non-hydrogen) atoms. The Morgan fingerprint density at radius 1 is 1.10 bits per heavy atom. The largest absolute Gasteiger partial charge is 0.448 e. The number of rotatable bonds is 10. The summed E-state index contributed by atoms with van der Waals surface area (Å²) in [4.78, 5) is 0. The zero-order chi connectivity index (χ0) is 15.7. The summed E-state index contributed by atoms with van der Waals surface area (Å²) in [5, 5.41) is -1.04. The summed E-state index contributed by atoms with van der Waals surface area (Å²) in [6.07, 6.45) is 4.80. The average Bonchev–Trinajstić information content (AvgIpc) is 2.47. The van der Waals surface area contributed by atoms with Gasteiger partial charge in [0.1, 0.15) is 5.75 Å². The lowest BCUT2D eigenvalue weighted by molar-refractivity contribution is -0.123. The highest BCUT2D eigenvalue weighted by Gasteiger charge is 2.29. The highest BCUT2D eigenvalue weighted by Crippen LogP contribution is 2.30. The van der Waals surface area contributed by atoms with E-state index in [-0.39, 0.29) is 0 Å². The van der Waals surface area contributed by atoms with Gasteiger partial charge in [0, 0.05) is 6.42 Å². The molecule has 0 bridgehead atoms. The second-order valence-electron chi connectivity index (χ2n) is 5.59. The summed E-state index contributed by atoms with van der Waals surface area (Å²) in [7, 11) is 0. The molecule has 3 heteroatoms. The van der Waals surface area contributed by atoms with Crippen LogP contribution >= 0.6 is 11.6 Å². The van der Waals surface area contributed by atoms with Crippen molar-refractivity contribution < 1.29 is 9.47 Å². The molecular formula is C18H29ClO2. The van der Waals surface area contributed by atoms with E-state index in [1.807, 2.05) is 12.1 Å². The van der Waals surface area contributed by atoms with Gasteiger partial charge in [-0.2, -0.15) is 0 Å². The maximum absolute atomic E-state index is 6.49. The van der Waals surface area contributed by atoms with Crippen LogP contribution in [-0.2, 0) is 4.74 Å². The second kappa shape index (κ2) is 9.32. The first-order valence-electron chi connectivity index (χ1n) is 8.16. The standard InChI is InChI=1S/C18H29ClO2/c1-5-8-14-20-18(19,13-6-2)21-17-11-9-16(10-12-17)15(4)7-3/h9-12,15H,5-8,13-14H2,1-4H3. The van der Waals surface area contributed by atoms with E-state index in [0.29, 0.717) is 18.9 Å². The van der Waals surface area contributed by atoms with Crippen molar-refractivity contribution >= 4 is 11.6 Å². The van der Waals surface area contributed by atoms with E-state index in [4.69, 9.17) is 21.1 Å². The van der Waals surface area contributed by atoms with E-state index < -0.39 is 5.25 Å². The van der Waals surface area contributed by atoms with Crippen molar-refractivity contribution in [2.24, 2.45) is 0 Å². The van der Waals surface area contributed by atoms with E-state index in [0.717, 1.165) is 31.4 Å². The zero-order valence-electron chi connectivity index (χ0n) is 13.8. The van der Waals surface area contributed by atoms with E-state index in [1.54, 1.807) is 0 Å². The Kier molecular flexibility index (Phi) is 8.13. The maximum atomic E-state index is 6.49. The smallest absolute Gasteiger partial charge is 0.290 e. The molecule has 1 aromatic carbocycles. The van der Waals surface area contributed by atoms with Crippen molar-refractivity contribution in [3.05, 3.63) is 29.8 Å². The third-order valence-corrected chi connectivity index (χ3v) is 4.07. The zero-order valence-corrected chi connectivity index (χ0v) is 14.6. The summed E-state index contributed by atoms with van der Waals surface area (Å²) >= 11 is 6.49. The van der Waals surface area contributed by atoms with Crippen LogP contribution < -0.4 is 4.74 Å². The van der Waals surface area contributed by atoms with Crippen LogP contribution in [0.5, 0.6) is 5.75 Å². The molecule has 0 spiro atoms. The summed E-state index contributed by atoms with van der Waals surface area (Å²) in [6, 6.07) is 8.19. The van der Waals surface area contributed by atoms with Gasteiger partial charge in [0.05, 0.1) is 6.61 Å². The molecule has 120 valence electrons. The van der Waals surface area contributed by atoms with Gasteiger partial charge in [-0.15, -0.1) is 0 Å². The first kappa shape index (κ1) is 18.3. The normalized spacial score (nSPS) is 15.5. The first-order chi connectivity index (χ1) is 10.0. The summed E-state index contributed by atoms with van der Waals surface area (Å²) < 4.78 is 11.7. The quantitative estimate of drug-likeness (QED) is 0.296. The van der Waals surface area contributed by atoms with Crippen LogP contribution in [0.15, 0.2) is 24.3 Å². The van der Waals surface area contributed by atoms with Gasteiger partial charge in [-0.3, -0.25) is 0 Å². The molecule has 0 heterocycles. The minimum Gasteiger partial charge on any atom is -0.448 e. The highest BCUT2D eigenvalue weighted by atomic mass is 35.5. The average molecular weight is 313 g/mol. The number of benzene rings is 1. The summed E-state index contributed by atoms with van der Waals surface area (Å²) in [5.41, 5.74) is 1.33. The Hall–Kier alpha value is -0.730. The van der Waals surface area contributed by atoms with E-state index >= 15 is 0 Å². The Labute approximate surface area is 134 Å². The minimum atomic E-state index is -1.04. The van der Waals surface area contributed by atoms with Crippen molar-refractivity contribution in [3.8, 4) is 5.75 Å². The number of unbranched alkanes of at least 4 members (excludes halogenated alkanes) is 1. The molecule has 0 aromatic heterocycles. The molecule has 0 aliphatic carbocycles. The summed E-state index contributed by atoms with van der Waals surface area (Å²) in [6.45, 7) is 9.27. The van der Waals surface area contributed by atoms with Gasteiger partial charge >= 0.3 is 0 Å². The number of ether oxygens (including phenoxy) is 2. The van der Waals surface area contributed by atoms with Crippen LogP contribution in [0.4, 0.5) is 0 Å². The lowest BCUT2D eigenvalue weighted by atomic mass is 9.99. The number of halogens is 1. The molecular weight excluding hydrogens is 284 g/mol. The first-order valence-corrected chi connectivity index (χ1v) is 8.54. The number of alkyl halides is 1. The molecule has 0 radical (unpaired) electrons. The Bertz CT molecular complexity index is 391. The highest BCUT2D eigenvalue weighted by molar-refractivity contribution is 6.22. The molecule has 0 fully saturated rings. The van der Waals surface area contributed by atoms with Gasteiger partial charge in [-0.1, -0.05) is 46.2 Å². The Morgan fingerprint density at radius 3 is 2.29 bits per heavy atom. The van der Waals surface area contributed by atoms with Gasteiger partial charge in [-0.05, 0) is 54.5 Å². The van der Waals surface area contributed by atoms with Crippen LogP contribution in [0.2, 0.25) is 0 Å². The molecule has 2 atom stereocenters. The van der Waals surface area contributed by atoms with E-state index in [2.05, 4.69) is 39.8 Å². The predicted molar refractivity (Wildman–Crippen MR) is 90.1 cm³/mol. The molecule has 0 amide bonds. The second-order valence-corrected chi connectivity index (χ2v) is 6.17. The topological polar surface area (TPSA) is 18.5 Å². The molecule has 1 rings (SSSR count). The minimum absolute atomic E-state index is 0.566. The van der Waals surface area contributed by atoms with Crippen molar-refractivity contribution in [2.75, 3.05) is 6.61 Å². The van der Waals surface area contributed by atoms with Gasteiger partial charge < -0.3 is 9.47 Å². The van der Waals surface area contributed by atoms with Crippen LogP contribution in [0.1, 0.15) is 71.3 Å². The molecule has 1 aromatic rings. The molecule has 0 N–H and O–H groups in total. The Morgan fingerprint density at radius 2 is 1.76 bits per heavy atom. The third kappa shape index (κ3) is 6.27. The van der Waals surface area contributed by atoms with E-state index in [1.165, 1.54) is 5.56 Å². The molecule has 0 saturated carbocycles. The Balaban J connectivity index is 2.69. The fourth-order valence-electron chi connectivity index (χ4n) is 2.10. The third-order valence-electron chi connectivity index (χ3n) is 3.70. The van der Waals surface area contributed by atoms with Gasteiger partial charge in [0.2, 0.25) is 0 Å². The molecule has 2 nitrogen and oxygen atoms in total. The van der Waals surface area contributed by atoms with Gasteiger partial charge in [0.25, 0.3) is 5.25 Å². The number of hydrogen-bond donors (Lipinski definition) is 0.